The fraction of sp³-hybridized carbons (Fsp3) is 0.923. The van der Waals surface area contributed by atoms with Gasteiger partial charge < -0.3 is 15.4 Å². The highest BCUT2D eigenvalue weighted by Gasteiger charge is 2.42. The molecule has 0 saturated carbocycles. The number of ether oxygens (including phenoxy) is 1. The Morgan fingerprint density at radius 3 is 2.78 bits per heavy atom. The van der Waals surface area contributed by atoms with Gasteiger partial charge in [-0.05, 0) is 26.2 Å². The molecule has 0 aromatic carbocycles. The van der Waals surface area contributed by atoms with Gasteiger partial charge in [0.15, 0.2) is 0 Å². The normalized spacial score (nSPS) is 37.7. The van der Waals surface area contributed by atoms with E-state index in [1.165, 1.54) is 6.42 Å². The molecule has 3 aliphatic rings. The number of rotatable bonds is 3. The Morgan fingerprint density at radius 2 is 2.17 bits per heavy atom. The van der Waals surface area contributed by atoms with E-state index in [0.717, 1.165) is 39.0 Å². The predicted octanol–water partition coefficient (Wildman–Crippen LogP) is -0.284. The van der Waals surface area contributed by atoms with Crippen molar-refractivity contribution in [2.45, 2.75) is 50.5 Å². The van der Waals surface area contributed by atoms with Crippen LogP contribution in [0.5, 0.6) is 0 Å². The minimum absolute atomic E-state index is 0.0220. The van der Waals surface area contributed by atoms with E-state index in [1.807, 2.05) is 6.92 Å². The summed E-state index contributed by atoms with van der Waals surface area (Å²) in [5, 5.41) is 6.49. The Morgan fingerprint density at radius 1 is 1.39 bits per heavy atom. The number of carbonyl (C=O) groups excluding carboxylic acids is 1. The topological polar surface area (TPSA) is 53.6 Å². The third kappa shape index (κ3) is 2.39. The number of piperazine rings is 1. The zero-order chi connectivity index (χ0) is 12.5. The van der Waals surface area contributed by atoms with Gasteiger partial charge in [-0.15, -0.1) is 0 Å². The van der Waals surface area contributed by atoms with Crippen LogP contribution in [0.1, 0.15) is 26.2 Å². The molecule has 4 unspecified atom stereocenters. The average molecular weight is 253 g/mol. The molecule has 0 radical (unpaired) electrons. The van der Waals surface area contributed by atoms with Gasteiger partial charge in [0.05, 0.1) is 24.3 Å². The second-order valence-electron chi connectivity index (χ2n) is 5.69. The number of carbonyl (C=O) groups is 1. The van der Waals surface area contributed by atoms with E-state index in [0.29, 0.717) is 6.10 Å². The summed E-state index contributed by atoms with van der Waals surface area (Å²) < 4.78 is 5.77. The minimum Gasteiger partial charge on any atom is -0.373 e. The van der Waals surface area contributed by atoms with E-state index in [-0.39, 0.29) is 24.1 Å². The molecular weight excluding hydrogens is 230 g/mol. The van der Waals surface area contributed by atoms with Gasteiger partial charge in [0.2, 0.25) is 5.91 Å². The lowest BCUT2D eigenvalue weighted by molar-refractivity contribution is -0.127. The third-order valence-electron chi connectivity index (χ3n) is 4.51. The van der Waals surface area contributed by atoms with Crippen LogP contribution in [-0.2, 0) is 9.53 Å². The van der Waals surface area contributed by atoms with Crippen molar-refractivity contribution in [3.8, 4) is 0 Å². The van der Waals surface area contributed by atoms with Crippen molar-refractivity contribution in [2.24, 2.45) is 0 Å². The van der Waals surface area contributed by atoms with Gasteiger partial charge in [-0.2, -0.15) is 0 Å². The van der Waals surface area contributed by atoms with Crippen LogP contribution >= 0.6 is 0 Å². The smallest absolute Gasteiger partial charge is 0.237 e. The Bertz CT molecular complexity index is 317. The third-order valence-corrected chi connectivity index (χ3v) is 4.51. The van der Waals surface area contributed by atoms with Gasteiger partial charge >= 0.3 is 0 Å². The Labute approximate surface area is 108 Å². The van der Waals surface area contributed by atoms with Crippen LogP contribution in [0.2, 0.25) is 0 Å². The molecule has 3 saturated heterocycles. The highest BCUT2D eigenvalue weighted by molar-refractivity contribution is 5.81. The zero-order valence-corrected chi connectivity index (χ0v) is 11.0. The van der Waals surface area contributed by atoms with Crippen molar-refractivity contribution >= 4 is 5.91 Å². The van der Waals surface area contributed by atoms with Crippen LogP contribution in [0.4, 0.5) is 0 Å². The van der Waals surface area contributed by atoms with Crippen molar-refractivity contribution in [1.82, 2.24) is 15.5 Å². The first-order valence-electron chi connectivity index (χ1n) is 7.14. The Kier molecular flexibility index (Phi) is 3.54. The van der Waals surface area contributed by atoms with Crippen molar-refractivity contribution in [3.63, 3.8) is 0 Å². The van der Waals surface area contributed by atoms with Crippen LogP contribution in [-0.4, -0.2) is 61.3 Å². The van der Waals surface area contributed by atoms with E-state index in [9.17, 15) is 4.79 Å². The summed E-state index contributed by atoms with van der Waals surface area (Å²) in [5.41, 5.74) is 0. The Hall–Kier alpha value is -0.650. The molecule has 5 nitrogen and oxygen atoms in total. The molecule has 102 valence electrons. The zero-order valence-electron chi connectivity index (χ0n) is 11.0. The van der Waals surface area contributed by atoms with Gasteiger partial charge in [0.1, 0.15) is 0 Å². The molecule has 18 heavy (non-hydrogen) atoms. The number of hydrogen-bond donors (Lipinski definition) is 2. The maximum absolute atomic E-state index is 12.2. The SMILES string of the molecule is CC(C(=O)NC1CC2CCC1O2)N1CCNCC1. The Balaban J connectivity index is 1.51. The lowest BCUT2D eigenvalue weighted by Gasteiger charge is -2.33. The molecule has 5 heteroatoms. The van der Waals surface area contributed by atoms with E-state index in [1.54, 1.807) is 0 Å². The lowest BCUT2D eigenvalue weighted by Crippen LogP contribution is -2.55. The fourth-order valence-electron chi connectivity index (χ4n) is 3.33. The number of nitrogens with one attached hydrogen (secondary N) is 2. The standard InChI is InChI=1S/C13H23N3O2/c1-9(16-6-4-14-5-7-16)13(17)15-11-8-10-2-3-12(11)18-10/h9-12,14H,2-8H2,1H3,(H,15,17). The maximum atomic E-state index is 12.2. The molecule has 3 aliphatic heterocycles. The number of fused-ring (bicyclic) bond motifs is 2. The molecule has 0 aromatic rings. The van der Waals surface area contributed by atoms with E-state index in [2.05, 4.69) is 15.5 Å². The second kappa shape index (κ2) is 5.15. The number of nitrogens with zero attached hydrogens (tertiary/aromatic N) is 1. The summed E-state index contributed by atoms with van der Waals surface area (Å²) in [5.74, 6) is 0.165. The number of hydrogen-bond acceptors (Lipinski definition) is 4. The minimum atomic E-state index is -0.0220. The largest absolute Gasteiger partial charge is 0.373 e. The highest BCUT2D eigenvalue weighted by atomic mass is 16.5. The van der Waals surface area contributed by atoms with Crippen molar-refractivity contribution in [1.29, 1.82) is 0 Å². The summed E-state index contributed by atoms with van der Waals surface area (Å²) in [7, 11) is 0. The maximum Gasteiger partial charge on any atom is 0.237 e. The van der Waals surface area contributed by atoms with Crippen LogP contribution in [0.3, 0.4) is 0 Å². The molecule has 0 spiro atoms. The summed E-state index contributed by atoms with van der Waals surface area (Å²) in [6.07, 6.45) is 3.95. The molecular formula is C13H23N3O2. The molecule has 2 bridgehead atoms. The predicted molar refractivity (Wildman–Crippen MR) is 68.3 cm³/mol. The first-order valence-corrected chi connectivity index (χ1v) is 7.14. The van der Waals surface area contributed by atoms with Crippen LogP contribution < -0.4 is 10.6 Å². The summed E-state index contributed by atoms with van der Waals surface area (Å²) in [4.78, 5) is 14.5. The molecule has 0 aliphatic carbocycles. The van der Waals surface area contributed by atoms with E-state index in [4.69, 9.17) is 4.74 Å². The van der Waals surface area contributed by atoms with Gasteiger partial charge in [0.25, 0.3) is 0 Å². The van der Waals surface area contributed by atoms with Gasteiger partial charge in [-0.25, -0.2) is 0 Å². The summed E-state index contributed by atoms with van der Waals surface area (Å²) >= 11 is 0. The molecule has 2 N–H and O–H groups in total. The quantitative estimate of drug-likeness (QED) is 0.726. The lowest BCUT2D eigenvalue weighted by atomic mass is 9.95. The van der Waals surface area contributed by atoms with Gasteiger partial charge in [-0.3, -0.25) is 9.69 Å². The van der Waals surface area contributed by atoms with Crippen LogP contribution in [0, 0.1) is 0 Å². The average Bonchev–Trinajstić information content (AvgIpc) is 3.01. The van der Waals surface area contributed by atoms with Crippen molar-refractivity contribution < 1.29 is 9.53 Å². The molecule has 1 amide bonds. The molecule has 3 heterocycles. The van der Waals surface area contributed by atoms with Gasteiger partial charge in [0, 0.05) is 26.2 Å². The molecule has 4 atom stereocenters. The van der Waals surface area contributed by atoms with E-state index >= 15 is 0 Å². The van der Waals surface area contributed by atoms with Crippen molar-refractivity contribution in [3.05, 3.63) is 0 Å². The fourth-order valence-corrected chi connectivity index (χ4v) is 3.33. The molecule has 0 aromatic heterocycles. The summed E-state index contributed by atoms with van der Waals surface area (Å²) in [6, 6.07) is 0.229. The van der Waals surface area contributed by atoms with E-state index < -0.39 is 0 Å². The number of amides is 1. The molecule has 3 rings (SSSR count). The summed E-state index contributed by atoms with van der Waals surface area (Å²) in [6.45, 7) is 5.89. The van der Waals surface area contributed by atoms with Crippen molar-refractivity contribution in [2.75, 3.05) is 26.2 Å². The van der Waals surface area contributed by atoms with Crippen LogP contribution in [0.25, 0.3) is 0 Å². The first kappa shape index (κ1) is 12.4. The highest BCUT2D eigenvalue weighted by Crippen LogP contribution is 2.34. The van der Waals surface area contributed by atoms with Gasteiger partial charge in [-0.1, -0.05) is 0 Å². The molecule has 3 fully saturated rings. The van der Waals surface area contributed by atoms with Crippen LogP contribution in [0.15, 0.2) is 0 Å². The second-order valence-corrected chi connectivity index (χ2v) is 5.69. The first-order chi connectivity index (χ1) is 8.74. The monoisotopic (exact) mass is 253 g/mol.